The van der Waals surface area contributed by atoms with Crippen LogP contribution in [0.15, 0.2) is 30.3 Å². The molecule has 3 amide bonds. The van der Waals surface area contributed by atoms with Crippen molar-refractivity contribution in [3.8, 4) is 0 Å². The lowest BCUT2D eigenvalue weighted by Crippen LogP contribution is -2.61. The zero-order valence-corrected chi connectivity index (χ0v) is 17.3. The maximum atomic E-state index is 12.2. The molecule has 0 radical (unpaired) electrons. The summed E-state index contributed by atoms with van der Waals surface area (Å²) in [6.45, 7) is 5.96. The van der Waals surface area contributed by atoms with Crippen LogP contribution in [0.4, 0.5) is 14.4 Å². The summed E-state index contributed by atoms with van der Waals surface area (Å²) in [6, 6.07) is 8.34. The van der Waals surface area contributed by atoms with E-state index in [2.05, 4.69) is 10.6 Å². The Kier molecular flexibility index (Phi) is 7.69. The molecule has 0 saturated carbocycles. The number of ether oxygens (including phenoxy) is 3. The van der Waals surface area contributed by atoms with Gasteiger partial charge in [0.2, 0.25) is 0 Å². The third-order valence-corrected chi connectivity index (χ3v) is 4.26. The second kappa shape index (κ2) is 9.99. The number of nitrogens with one attached hydrogen (secondary N) is 2. The molecule has 1 aliphatic rings. The third kappa shape index (κ3) is 7.52. The van der Waals surface area contributed by atoms with Crippen molar-refractivity contribution in [2.45, 2.75) is 51.5 Å². The molecule has 1 fully saturated rings. The Balaban J connectivity index is 1.97. The van der Waals surface area contributed by atoms with E-state index in [4.69, 9.17) is 14.2 Å². The predicted octanol–water partition coefficient (Wildman–Crippen LogP) is 2.65. The minimum absolute atomic E-state index is 0.137. The molecule has 160 valence electrons. The normalized spacial score (nSPS) is 19.1. The van der Waals surface area contributed by atoms with Gasteiger partial charge in [0.15, 0.2) is 0 Å². The van der Waals surface area contributed by atoms with E-state index in [9.17, 15) is 14.4 Å². The maximum Gasteiger partial charge on any atom is 0.409 e. The molecule has 1 saturated heterocycles. The van der Waals surface area contributed by atoms with E-state index in [1.54, 1.807) is 20.8 Å². The van der Waals surface area contributed by atoms with Gasteiger partial charge in [-0.15, -0.1) is 0 Å². The highest BCUT2D eigenvalue weighted by Gasteiger charge is 2.35. The number of methoxy groups -OCH3 is 1. The van der Waals surface area contributed by atoms with E-state index in [-0.39, 0.29) is 13.2 Å². The van der Waals surface area contributed by atoms with E-state index >= 15 is 0 Å². The molecule has 2 atom stereocenters. The Morgan fingerprint density at radius 3 is 2.34 bits per heavy atom. The lowest BCUT2D eigenvalue weighted by Gasteiger charge is -2.38. The summed E-state index contributed by atoms with van der Waals surface area (Å²) >= 11 is 0. The number of rotatable bonds is 4. The lowest BCUT2D eigenvalue weighted by molar-refractivity contribution is 0.0432. The van der Waals surface area contributed by atoms with Gasteiger partial charge in [0.1, 0.15) is 12.2 Å². The summed E-state index contributed by atoms with van der Waals surface area (Å²) in [5.41, 5.74) is 0.199. The molecule has 0 aromatic heterocycles. The number of alkyl carbamates (subject to hydrolysis) is 2. The first-order chi connectivity index (χ1) is 13.7. The summed E-state index contributed by atoms with van der Waals surface area (Å²) in [5, 5.41) is 5.51. The van der Waals surface area contributed by atoms with Crippen LogP contribution in [0, 0.1) is 0 Å². The van der Waals surface area contributed by atoms with Gasteiger partial charge in [0, 0.05) is 13.1 Å². The molecular formula is C20H29N3O6. The van der Waals surface area contributed by atoms with E-state index in [0.29, 0.717) is 13.0 Å². The van der Waals surface area contributed by atoms with Gasteiger partial charge in [0.25, 0.3) is 0 Å². The molecule has 2 N–H and O–H groups in total. The Hall–Kier alpha value is -2.97. The van der Waals surface area contributed by atoms with Crippen LogP contribution in [-0.2, 0) is 20.8 Å². The Labute approximate surface area is 170 Å². The quantitative estimate of drug-likeness (QED) is 0.744. The topological polar surface area (TPSA) is 106 Å². The molecule has 2 rings (SSSR count). The number of piperidine rings is 1. The fourth-order valence-electron chi connectivity index (χ4n) is 2.94. The molecule has 0 bridgehead atoms. The first-order valence-electron chi connectivity index (χ1n) is 9.47. The Morgan fingerprint density at radius 2 is 1.72 bits per heavy atom. The minimum atomic E-state index is -0.668. The SMILES string of the molecule is COC(=O)N1CC[C@H](NC(=O)OCc2ccccc2)[C@H](NC(=O)OC(C)(C)C)C1. The average Bonchev–Trinajstić information content (AvgIpc) is 2.66. The van der Waals surface area contributed by atoms with Gasteiger partial charge in [-0.3, -0.25) is 0 Å². The number of carbonyl (C=O) groups excluding carboxylic acids is 3. The van der Waals surface area contributed by atoms with Crippen molar-refractivity contribution in [1.29, 1.82) is 0 Å². The first kappa shape index (κ1) is 22.3. The van der Waals surface area contributed by atoms with Crippen LogP contribution in [0.1, 0.15) is 32.8 Å². The molecule has 1 aromatic rings. The predicted molar refractivity (Wildman–Crippen MR) is 105 cm³/mol. The van der Waals surface area contributed by atoms with Gasteiger partial charge in [-0.25, -0.2) is 14.4 Å². The number of hydrogen-bond donors (Lipinski definition) is 2. The number of nitrogens with zero attached hydrogens (tertiary/aromatic N) is 1. The van der Waals surface area contributed by atoms with Gasteiger partial charge in [-0.1, -0.05) is 30.3 Å². The van der Waals surface area contributed by atoms with Crippen LogP contribution in [0.25, 0.3) is 0 Å². The van der Waals surface area contributed by atoms with Crippen molar-refractivity contribution in [3.63, 3.8) is 0 Å². The Morgan fingerprint density at radius 1 is 1.07 bits per heavy atom. The molecule has 1 aliphatic heterocycles. The first-order valence-corrected chi connectivity index (χ1v) is 9.47. The zero-order valence-electron chi connectivity index (χ0n) is 17.3. The number of likely N-dealkylation sites (tertiary alicyclic amines) is 1. The molecule has 29 heavy (non-hydrogen) atoms. The monoisotopic (exact) mass is 407 g/mol. The summed E-state index contributed by atoms with van der Waals surface area (Å²) in [6.07, 6.45) is -1.29. The van der Waals surface area contributed by atoms with Gasteiger partial charge < -0.3 is 29.7 Å². The van der Waals surface area contributed by atoms with E-state index in [1.165, 1.54) is 12.0 Å². The van der Waals surface area contributed by atoms with Crippen molar-refractivity contribution in [1.82, 2.24) is 15.5 Å². The molecule has 1 aromatic carbocycles. The highest BCUT2D eigenvalue weighted by atomic mass is 16.6. The molecule has 0 unspecified atom stereocenters. The molecular weight excluding hydrogens is 378 g/mol. The maximum absolute atomic E-state index is 12.2. The van der Waals surface area contributed by atoms with Crippen molar-refractivity contribution < 1.29 is 28.6 Å². The van der Waals surface area contributed by atoms with Crippen LogP contribution in [0.5, 0.6) is 0 Å². The van der Waals surface area contributed by atoms with E-state index in [0.717, 1.165) is 5.56 Å². The highest BCUT2D eigenvalue weighted by molar-refractivity contribution is 5.71. The minimum Gasteiger partial charge on any atom is -0.453 e. The fraction of sp³-hybridized carbons (Fsp3) is 0.550. The van der Waals surface area contributed by atoms with Gasteiger partial charge >= 0.3 is 18.3 Å². The molecule has 9 nitrogen and oxygen atoms in total. The van der Waals surface area contributed by atoms with Gasteiger partial charge in [-0.05, 0) is 32.8 Å². The van der Waals surface area contributed by atoms with Crippen molar-refractivity contribution in [2.24, 2.45) is 0 Å². The number of benzene rings is 1. The van der Waals surface area contributed by atoms with E-state index in [1.807, 2.05) is 30.3 Å². The van der Waals surface area contributed by atoms with Crippen LogP contribution in [-0.4, -0.2) is 61.1 Å². The van der Waals surface area contributed by atoms with Gasteiger partial charge in [-0.2, -0.15) is 0 Å². The van der Waals surface area contributed by atoms with Crippen molar-refractivity contribution in [3.05, 3.63) is 35.9 Å². The smallest absolute Gasteiger partial charge is 0.409 e. The van der Waals surface area contributed by atoms with E-state index < -0.39 is 36.0 Å². The Bertz CT molecular complexity index is 704. The highest BCUT2D eigenvalue weighted by Crippen LogP contribution is 2.15. The molecule has 0 spiro atoms. The zero-order chi connectivity index (χ0) is 21.4. The second-order valence-corrected chi connectivity index (χ2v) is 7.77. The molecule has 9 heteroatoms. The summed E-state index contributed by atoms with van der Waals surface area (Å²) in [7, 11) is 1.30. The van der Waals surface area contributed by atoms with Crippen LogP contribution in [0.3, 0.4) is 0 Å². The summed E-state index contributed by atoms with van der Waals surface area (Å²) < 4.78 is 15.3. The lowest BCUT2D eigenvalue weighted by atomic mass is 10.00. The number of hydrogen-bond acceptors (Lipinski definition) is 6. The standard InChI is InChI=1S/C20H29N3O6/c1-20(2,3)29-18(25)22-16-12-23(19(26)27-4)11-10-15(16)21-17(24)28-13-14-8-6-5-7-9-14/h5-9,15-16H,10-13H2,1-4H3,(H,21,24)(H,22,25)/t15-,16+/m0/s1. The third-order valence-electron chi connectivity index (χ3n) is 4.26. The molecule has 1 heterocycles. The summed E-state index contributed by atoms with van der Waals surface area (Å²) in [4.78, 5) is 37.8. The average molecular weight is 407 g/mol. The van der Waals surface area contributed by atoms with Crippen LogP contribution < -0.4 is 10.6 Å². The fourth-order valence-corrected chi connectivity index (χ4v) is 2.94. The van der Waals surface area contributed by atoms with Crippen molar-refractivity contribution in [2.75, 3.05) is 20.2 Å². The molecule has 0 aliphatic carbocycles. The van der Waals surface area contributed by atoms with Crippen LogP contribution in [0.2, 0.25) is 0 Å². The summed E-state index contributed by atoms with van der Waals surface area (Å²) in [5.74, 6) is 0. The largest absolute Gasteiger partial charge is 0.453 e. The number of amides is 3. The van der Waals surface area contributed by atoms with Crippen molar-refractivity contribution >= 4 is 18.3 Å². The van der Waals surface area contributed by atoms with Crippen LogP contribution >= 0.6 is 0 Å². The number of carbonyl (C=O) groups is 3. The van der Waals surface area contributed by atoms with Gasteiger partial charge in [0.05, 0.1) is 19.2 Å². The second-order valence-electron chi connectivity index (χ2n) is 7.77.